The molecule has 0 bridgehead atoms. The van der Waals surface area contributed by atoms with Gasteiger partial charge in [-0.3, -0.25) is 14.3 Å². The zero-order chi connectivity index (χ0) is 19.4. The van der Waals surface area contributed by atoms with E-state index in [2.05, 4.69) is 10.0 Å². The third-order valence-corrected chi connectivity index (χ3v) is 5.23. The summed E-state index contributed by atoms with van der Waals surface area (Å²) in [6.07, 6.45) is 1.68. The Labute approximate surface area is 155 Å². The quantitative estimate of drug-likeness (QED) is 0.570. The molecule has 0 saturated carbocycles. The largest absolute Gasteiger partial charge is 0.480 e. The van der Waals surface area contributed by atoms with E-state index in [1.807, 2.05) is 0 Å². The number of carbonyl (C=O) groups excluding carboxylic acids is 1. The number of aliphatic carboxylic acids is 1. The molecule has 0 spiro atoms. The SMILES string of the molecule is O=C(O)CNC(=O)Cn1ccc2ccc(NS(=O)(=O)c3ccccc3)cc21. The van der Waals surface area contributed by atoms with Crippen LogP contribution in [0.5, 0.6) is 0 Å². The molecular formula is C18H17N3O5S. The van der Waals surface area contributed by atoms with Crippen LogP contribution in [0, 0.1) is 0 Å². The lowest BCUT2D eigenvalue weighted by Gasteiger charge is -2.10. The van der Waals surface area contributed by atoms with Crippen molar-refractivity contribution in [1.82, 2.24) is 9.88 Å². The second kappa shape index (κ2) is 7.50. The standard InChI is InChI=1S/C18H17N3O5S/c22-17(19-11-18(23)24)12-21-9-8-13-6-7-14(10-16(13)21)20-27(25,26)15-4-2-1-3-5-15/h1-10,20H,11-12H2,(H,19,22)(H,23,24). The summed E-state index contributed by atoms with van der Waals surface area (Å²) >= 11 is 0. The van der Waals surface area contributed by atoms with Crippen LogP contribution in [0.3, 0.4) is 0 Å². The fourth-order valence-corrected chi connectivity index (χ4v) is 3.65. The number of carboxylic acids is 1. The van der Waals surface area contributed by atoms with E-state index < -0.39 is 28.4 Å². The monoisotopic (exact) mass is 387 g/mol. The molecule has 140 valence electrons. The fourth-order valence-electron chi connectivity index (χ4n) is 2.58. The van der Waals surface area contributed by atoms with Gasteiger partial charge in [0.2, 0.25) is 5.91 Å². The van der Waals surface area contributed by atoms with E-state index in [0.29, 0.717) is 11.2 Å². The van der Waals surface area contributed by atoms with Crippen molar-refractivity contribution in [2.24, 2.45) is 0 Å². The van der Waals surface area contributed by atoms with E-state index in [4.69, 9.17) is 5.11 Å². The minimum Gasteiger partial charge on any atom is -0.480 e. The molecule has 0 aliphatic rings. The number of sulfonamides is 1. The molecule has 0 aliphatic heterocycles. The fraction of sp³-hybridized carbons (Fsp3) is 0.111. The molecule has 3 aromatic rings. The van der Waals surface area contributed by atoms with Gasteiger partial charge in [-0.25, -0.2) is 8.42 Å². The van der Waals surface area contributed by atoms with Crippen LogP contribution < -0.4 is 10.0 Å². The van der Waals surface area contributed by atoms with Gasteiger partial charge >= 0.3 is 5.97 Å². The van der Waals surface area contributed by atoms with Crippen molar-refractivity contribution in [3.63, 3.8) is 0 Å². The molecule has 1 heterocycles. The number of carbonyl (C=O) groups is 2. The van der Waals surface area contributed by atoms with Gasteiger partial charge in [-0.2, -0.15) is 0 Å². The summed E-state index contributed by atoms with van der Waals surface area (Å²) in [6, 6.07) is 14.8. The second-order valence-electron chi connectivity index (χ2n) is 5.81. The number of hydrogen-bond donors (Lipinski definition) is 3. The average molecular weight is 387 g/mol. The van der Waals surface area contributed by atoms with Gasteiger partial charge in [0.1, 0.15) is 13.1 Å². The van der Waals surface area contributed by atoms with E-state index in [1.54, 1.807) is 53.2 Å². The van der Waals surface area contributed by atoms with Crippen molar-refractivity contribution < 1.29 is 23.1 Å². The Morgan fingerprint density at radius 3 is 2.48 bits per heavy atom. The Hall–Kier alpha value is -3.33. The molecule has 3 rings (SSSR count). The van der Waals surface area contributed by atoms with Crippen molar-refractivity contribution in [1.29, 1.82) is 0 Å². The molecule has 27 heavy (non-hydrogen) atoms. The maximum absolute atomic E-state index is 12.5. The molecule has 0 atom stereocenters. The summed E-state index contributed by atoms with van der Waals surface area (Å²) in [5, 5.41) is 11.7. The van der Waals surface area contributed by atoms with Gasteiger partial charge in [0.05, 0.1) is 16.1 Å². The minimum atomic E-state index is -3.72. The highest BCUT2D eigenvalue weighted by Crippen LogP contribution is 2.23. The number of nitrogens with one attached hydrogen (secondary N) is 2. The lowest BCUT2D eigenvalue weighted by Crippen LogP contribution is -2.31. The number of benzene rings is 2. The normalized spacial score (nSPS) is 11.3. The number of anilines is 1. The summed E-state index contributed by atoms with van der Waals surface area (Å²) in [7, 11) is -3.72. The zero-order valence-corrected chi connectivity index (χ0v) is 14.9. The van der Waals surface area contributed by atoms with E-state index >= 15 is 0 Å². The summed E-state index contributed by atoms with van der Waals surface area (Å²) < 4.78 is 29.0. The molecule has 1 amide bonds. The van der Waals surface area contributed by atoms with Gasteiger partial charge in [0.15, 0.2) is 0 Å². The zero-order valence-electron chi connectivity index (χ0n) is 14.1. The third-order valence-electron chi connectivity index (χ3n) is 3.83. The maximum atomic E-state index is 12.5. The number of hydrogen-bond acceptors (Lipinski definition) is 4. The van der Waals surface area contributed by atoms with Gasteiger partial charge < -0.3 is 15.0 Å². The van der Waals surface area contributed by atoms with Crippen LogP contribution in [0.25, 0.3) is 10.9 Å². The van der Waals surface area contributed by atoms with Crippen LogP contribution in [0.15, 0.2) is 65.7 Å². The number of aromatic nitrogens is 1. The molecule has 2 aromatic carbocycles. The van der Waals surface area contributed by atoms with Crippen molar-refractivity contribution in [3.05, 3.63) is 60.8 Å². The Kier molecular flexibility index (Phi) is 5.13. The topological polar surface area (TPSA) is 118 Å². The van der Waals surface area contributed by atoms with Crippen molar-refractivity contribution >= 4 is 38.5 Å². The number of fused-ring (bicyclic) bond motifs is 1. The van der Waals surface area contributed by atoms with E-state index in [1.165, 1.54) is 12.1 Å². The first kappa shape index (κ1) is 18.5. The highest BCUT2D eigenvalue weighted by Gasteiger charge is 2.14. The molecule has 8 nitrogen and oxygen atoms in total. The summed E-state index contributed by atoms with van der Waals surface area (Å²) in [5.74, 6) is -1.58. The van der Waals surface area contributed by atoms with Gasteiger partial charge in [-0.1, -0.05) is 24.3 Å². The van der Waals surface area contributed by atoms with Gasteiger partial charge in [-0.15, -0.1) is 0 Å². The lowest BCUT2D eigenvalue weighted by atomic mass is 10.2. The third kappa shape index (κ3) is 4.45. The molecule has 0 radical (unpaired) electrons. The van der Waals surface area contributed by atoms with Crippen LogP contribution in [0.1, 0.15) is 0 Å². The highest BCUT2D eigenvalue weighted by atomic mass is 32.2. The van der Waals surface area contributed by atoms with E-state index in [-0.39, 0.29) is 11.4 Å². The van der Waals surface area contributed by atoms with Gasteiger partial charge in [0.25, 0.3) is 10.0 Å². The number of carboxylic acid groups (broad SMARTS) is 1. The second-order valence-corrected chi connectivity index (χ2v) is 7.49. The van der Waals surface area contributed by atoms with Crippen LogP contribution >= 0.6 is 0 Å². The van der Waals surface area contributed by atoms with Gasteiger partial charge in [0, 0.05) is 6.20 Å². The first-order chi connectivity index (χ1) is 12.8. The average Bonchev–Trinajstić information content (AvgIpc) is 3.02. The predicted octanol–water partition coefficient (Wildman–Crippen LogP) is 1.64. The molecule has 0 fully saturated rings. The Balaban J connectivity index is 1.82. The molecule has 0 aliphatic carbocycles. The van der Waals surface area contributed by atoms with Crippen LogP contribution in [0.2, 0.25) is 0 Å². The Morgan fingerprint density at radius 2 is 1.78 bits per heavy atom. The van der Waals surface area contributed by atoms with Crippen molar-refractivity contribution in [3.8, 4) is 0 Å². The smallest absolute Gasteiger partial charge is 0.322 e. The van der Waals surface area contributed by atoms with Crippen LogP contribution in [-0.2, 0) is 26.2 Å². The van der Waals surface area contributed by atoms with E-state index in [9.17, 15) is 18.0 Å². The van der Waals surface area contributed by atoms with Crippen LogP contribution in [-0.4, -0.2) is 36.5 Å². The lowest BCUT2D eigenvalue weighted by molar-refractivity contribution is -0.138. The molecule has 3 N–H and O–H groups in total. The number of nitrogens with zero attached hydrogens (tertiary/aromatic N) is 1. The van der Waals surface area contributed by atoms with Gasteiger partial charge in [-0.05, 0) is 35.7 Å². The first-order valence-electron chi connectivity index (χ1n) is 8.00. The molecule has 0 saturated heterocycles. The van der Waals surface area contributed by atoms with Crippen molar-refractivity contribution in [2.75, 3.05) is 11.3 Å². The highest BCUT2D eigenvalue weighted by molar-refractivity contribution is 7.92. The number of rotatable bonds is 7. The van der Waals surface area contributed by atoms with Crippen molar-refractivity contribution in [2.45, 2.75) is 11.4 Å². The molecule has 9 heteroatoms. The summed E-state index contributed by atoms with van der Waals surface area (Å²) in [4.78, 5) is 22.5. The molecule has 1 aromatic heterocycles. The summed E-state index contributed by atoms with van der Waals surface area (Å²) in [6.45, 7) is -0.536. The first-order valence-corrected chi connectivity index (χ1v) is 9.49. The van der Waals surface area contributed by atoms with Crippen LogP contribution in [0.4, 0.5) is 5.69 Å². The minimum absolute atomic E-state index is 0.0777. The number of amides is 1. The predicted molar refractivity (Wildman–Crippen MR) is 99.8 cm³/mol. The Morgan fingerprint density at radius 1 is 1.04 bits per heavy atom. The van der Waals surface area contributed by atoms with E-state index in [0.717, 1.165) is 5.39 Å². The maximum Gasteiger partial charge on any atom is 0.322 e. The summed E-state index contributed by atoms with van der Waals surface area (Å²) in [5.41, 5.74) is 1.01. The Bertz CT molecular complexity index is 1090. The molecule has 0 unspecified atom stereocenters. The molecular weight excluding hydrogens is 370 g/mol.